The lowest BCUT2D eigenvalue weighted by molar-refractivity contribution is -0.108. The third-order valence-corrected chi connectivity index (χ3v) is 2.57. The number of rotatable bonds is 5. The average Bonchev–Trinajstić information content (AvgIpc) is 2.00. The van der Waals surface area contributed by atoms with Gasteiger partial charge in [0, 0.05) is 6.42 Å². The molecule has 0 aliphatic heterocycles. The molecule has 10 heavy (non-hydrogen) atoms. The molecule has 0 amide bonds. The molecular weight excluding hydrogens is 124 g/mol. The summed E-state index contributed by atoms with van der Waals surface area (Å²) in [6, 6.07) is 0. The molecule has 1 nitrogen and oxygen atoms in total. The first-order valence-electron chi connectivity index (χ1n) is 4.12. The highest BCUT2D eigenvalue weighted by atomic mass is 16.1. The fraction of sp³-hybridized carbons (Fsp3) is 0.889. The van der Waals surface area contributed by atoms with E-state index in [2.05, 4.69) is 20.8 Å². The largest absolute Gasteiger partial charge is 0.303 e. The van der Waals surface area contributed by atoms with Crippen molar-refractivity contribution >= 4 is 6.29 Å². The summed E-state index contributed by atoms with van der Waals surface area (Å²) < 4.78 is 0. The molecule has 0 saturated carbocycles. The molecular formula is C9H18O. The van der Waals surface area contributed by atoms with Crippen LogP contribution >= 0.6 is 0 Å². The summed E-state index contributed by atoms with van der Waals surface area (Å²) in [5.74, 6) is 0. The number of carbonyl (C=O) groups excluding carboxylic acids is 1. The molecule has 0 radical (unpaired) electrons. The van der Waals surface area contributed by atoms with E-state index in [9.17, 15) is 4.79 Å². The molecule has 1 heteroatoms. The molecule has 0 saturated heterocycles. The lowest BCUT2D eigenvalue weighted by atomic mass is 9.81. The lowest BCUT2D eigenvalue weighted by Gasteiger charge is -2.25. The van der Waals surface area contributed by atoms with Crippen molar-refractivity contribution < 1.29 is 4.79 Å². The first-order chi connectivity index (χ1) is 4.68. The number of carbonyl (C=O) groups is 1. The van der Waals surface area contributed by atoms with Gasteiger partial charge in [0.2, 0.25) is 0 Å². The highest BCUT2D eigenvalue weighted by molar-refractivity contribution is 5.49. The van der Waals surface area contributed by atoms with Crippen molar-refractivity contribution in [1.82, 2.24) is 0 Å². The summed E-state index contributed by atoms with van der Waals surface area (Å²) in [7, 11) is 0. The Morgan fingerprint density at radius 2 is 1.80 bits per heavy atom. The van der Waals surface area contributed by atoms with E-state index < -0.39 is 0 Å². The molecule has 0 unspecified atom stereocenters. The van der Waals surface area contributed by atoms with Crippen LogP contribution < -0.4 is 0 Å². The van der Waals surface area contributed by atoms with Gasteiger partial charge in [0.15, 0.2) is 0 Å². The topological polar surface area (TPSA) is 17.1 Å². The Labute approximate surface area is 63.8 Å². The predicted molar refractivity (Wildman–Crippen MR) is 44.0 cm³/mol. The highest BCUT2D eigenvalue weighted by Gasteiger charge is 2.17. The Balaban J connectivity index is 3.68. The van der Waals surface area contributed by atoms with Crippen LogP contribution in [0.15, 0.2) is 0 Å². The summed E-state index contributed by atoms with van der Waals surface area (Å²) in [6.07, 6.45) is 5.14. The maximum atomic E-state index is 10.1. The summed E-state index contributed by atoms with van der Waals surface area (Å²) in [5.41, 5.74) is 0.404. The van der Waals surface area contributed by atoms with E-state index in [1.165, 1.54) is 12.8 Å². The number of aldehydes is 1. The summed E-state index contributed by atoms with van der Waals surface area (Å²) in [4.78, 5) is 10.1. The van der Waals surface area contributed by atoms with Crippen LogP contribution in [0.5, 0.6) is 0 Å². The highest BCUT2D eigenvalue weighted by Crippen LogP contribution is 2.30. The molecule has 0 aromatic heterocycles. The zero-order valence-corrected chi connectivity index (χ0v) is 7.31. The first-order valence-corrected chi connectivity index (χ1v) is 4.12. The summed E-state index contributed by atoms with van der Waals surface area (Å²) in [6.45, 7) is 6.62. The third-order valence-electron chi connectivity index (χ3n) is 2.57. The van der Waals surface area contributed by atoms with E-state index in [0.717, 1.165) is 19.1 Å². The zero-order valence-electron chi connectivity index (χ0n) is 7.31. The van der Waals surface area contributed by atoms with Crippen LogP contribution in [0.25, 0.3) is 0 Å². The molecule has 0 bridgehead atoms. The Morgan fingerprint density at radius 3 is 2.10 bits per heavy atom. The Morgan fingerprint density at radius 1 is 1.30 bits per heavy atom. The van der Waals surface area contributed by atoms with Crippen molar-refractivity contribution in [2.45, 2.75) is 46.5 Å². The predicted octanol–water partition coefficient (Wildman–Crippen LogP) is 2.79. The van der Waals surface area contributed by atoms with Gasteiger partial charge in [-0.25, -0.2) is 0 Å². The van der Waals surface area contributed by atoms with Gasteiger partial charge < -0.3 is 4.79 Å². The van der Waals surface area contributed by atoms with Gasteiger partial charge in [-0.3, -0.25) is 0 Å². The Kier molecular flexibility index (Phi) is 4.33. The van der Waals surface area contributed by atoms with Crippen LogP contribution in [-0.4, -0.2) is 6.29 Å². The van der Waals surface area contributed by atoms with Gasteiger partial charge in [-0.15, -0.1) is 0 Å². The molecule has 0 rings (SSSR count). The monoisotopic (exact) mass is 142 g/mol. The molecule has 0 heterocycles. The zero-order chi connectivity index (χ0) is 8.04. The average molecular weight is 142 g/mol. The van der Waals surface area contributed by atoms with Gasteiger partial charge in [-0.1, -0.05) is 33.6 Å². The van der Waals surface area contributed by atoms with E-state index in [0.29, 0.717) is 5.41 Å². The summed E-state index contributed by atoms with van der Waals surface area (Å²) in [5, 5.41) is 0. The maximum Gasteiger partial charge on any atom is 0.120 e. The quantitative estimate of drug-likeness (QED) is 0.539. The number of hydrogen-bond acceptors (Lipinski definition) is 1. The van der Waals surface area contributed by atoms with Crippen LogP contribution in [0.3, 0.4) is 0 Å². The Bertz CT molecular complexity index is 92.9. The van der Waals surface area contributed by atoms with Gasteiger partial charge in [0.25, 0.3) is 0 Å². The van der Waals surface area contributed by atoms with Crippen molar-refractivity contribution in [2.24, 2.45) is 5.41 Å². The van der Waals surface area contributed by atoms with Crippen molar-refractivity contribution in [3.8, 4) is 0 Å². The second-order valence-electron chi connectivity index (χ2n) is 3.22. The van der Waals surface area contributed by atoms with E-state index >= 15 is 0 Å². The molecule has 0 aromatic carbocycles. The van der Waals surface area contributed by atoms with Crippen LogP contribution in [-0.2, 0) is 4.79 Å². The standard InChI is InChI=1S/C9H18O/c1-4-9(3,5-2)7-6-8-10/h8H,4-7H2,1-3H3. The van der Waals surface area contributed by atoms with Crippen molar-refractivity contribution in [3.05, 3.63) is 0 Å². The minimum atomic E-state index is 0.404. The Hall–Kier alpha value is -0.330. The van der Waals surface area contributed by atoms with Gasteiger partial charge in [0.05, 0.1) is 0 Å². The van der Waals surface area contributed by atoms with Gasteiger partial charge in [0.1, 0.15) is 6.29 Å². The lowest BCUT2D eigenvalue weighted by Crippen LogP contribution is -2.13. The van der Waals surface area contributed by atoms with Gasteiger partial charge in [-0.2, -0.15) is 0 Å². The molecule has 0 spiro atoms. The SMILES string of the molecule is CCC(C)(CC)CCC=O. The van der Waals surface area contributed by atoms with Crippen molar-refractivity contribution in [1.29, 1.82) is 0 Å². The maximum absolute atomic E-state index is 10.1. The van der Waals surface area contributed by atoms with Crippen molar-refractivity contribution in [3.63, 3.8) is 0 Å². The second-order valence-corrected chi connectivity index (χ2v) is 3.22. The first kappa shape index (κ1) is 9.67. The van der Waals surface area contributed by atoms with Crippen LogP contribution in [0.1, 0.15) is 46.5 Å². The molecule has 0 aliphatic rings. The normalized spacial score (nSPS) is 11.5. The number of hydrogen-bond donors (Lipinski definition) is 0. The smallest absolute Gasteiger partial charge is 0.120 e. The van der Waals surface area contributed by atoms with Crippen LogP contribution in [0.2, 0.25) is 0 Å². The fourth-order valence-electron chi connectivity index (χ4n) is 1.01. The molecule has 0 aromatic rings. The molecule has 0 N–H and O–H groups in total. The molecule has 0 aliphatic carbocycles. The molecule has 0 fully saturated rings. The fourth-order valence-corrected chi connectivity index (χ4v) is 1.01. The molecule has 0 atom stereocenters. The third kappa shape index (κ3) is 3.00. The second kappa shape index (κ2) is 4.48. The molecule has 60 valence electrons. The van der Waals surface area contributed by atoms with Crippen molar-refractivity contribution in [2.75, 3.05) is 0 Å². The van der Waals surface area contributed by atoms with Crippen LogP contribution in [0.4, 0.5) is 0 Å². The van der Waals surface area contributed by atoms with E-state index in [-0.39, 0.29) is 0 Å². The van der Waals surface area contributed by atoms with Gasteiger partial charge >= 0.3 is 0 Å². The summed E-state index contributed by atoms with van der Waals surface area (Å²) >= 11 is 0. The minimum Gasteiger partial charge on any atom is -0.303 e. The van der Waals surface area contributed by atoms with E-state index in [1.807, 2.05) is 0 Å². The van der Waals surface area contributed by atoms with E-state index in [1.54, 1.807) is 0 Å². The van der Waals surface area contributed by atoms with E-state index in [4.69, 9.17) is 0 Å². The van der Waals surface area contributed by atoms with Gasteiger partial charge in [-0.05, 0) is 11.8 Å². The van der Waals surface area contributed by atoms with Crippen LogP contribution in [0, 0.1) is 5.41 Å². The minimum absolute atomic E-state index is 0.404.